The monoisotopic (exact) mass is 452 g/mol. The number of carbonyl (C=O) groups excluding carboxylic acids is 1. The molecule has 32 heavy (non-hydrogen) atoms. The molecule has 2 aromatic rings. The highest BCUT2D eigenvalue weighted by molar-refractivity contribution is 6.31. The van der Waals surface area contributed by atoms with E-state index in [1.54, 1.807) is 12.1 Å². The zero-order valence-corrected chi connectivity index (χ0v) is 18.6. The Bertz CT molecular complexity index is 1110. The zero-order valence-electron chi connectivity index (χ0n) is 17.8. The van der Waals surface area contributed by atoms with Crippen LogP contribution in [-0.2, 0) is 0 Å². The van der Waals surface area contributed by atoms with Crippen molar-refractivity contribution < 1.29 is 9.72 Å². The number of allylic oxidation sites excluding steroid dienone is 2. The van der Waals surface area contributed by atoms with Gasteiger partial charge in [0.15, 0.2) is 0 Å². The topological polar surface area (TPSA) is 78.7 Å². The van der Waals surface area contributed by atoms with Gasteiger partial charge in [-0.2, -0.15) is 0 Å². The van der Waals surface area contributed by atoms with Gasteiger partial charge in [0.25, 0.3) is 11.6 Å². The van der Waals surface area contributed by atoms with Gasteiger partial charge in [0.05, 0.1) is 22.2 Å². The summed E-state index contributed by atoms with van der Waals surface area (Å²) >= 11 is 6.53. The molecule has 1 fully saturated rings. The van der Waals surface area contributed by atoms with E-state index in [0.29, 0.717) is 29.2 Å². The molecule has 166 valence electrons. The first kappa shape index (κ1) is 21.0. The molecule has 0 aromatic heterocycles. The van der Waals surface area contributed by atoms with E-state index < -0.39 is 4.92 Å². The van der Waals surface area contributed by atoms with Crippen molar-refractivity contribution in [3.63, 3.8) is 0 Å². The maximum atomic E-state index is 13.5. The van der Waals surface area contributed by atoms with Crippen LogP contribution < -0.4 is 5.32 Å². The average molecular weight is 453 g/mol. The summed E-state index contributed by atoms with van der Waals surface area (Å²) in [6.45, 7) is 3.11. The van der Waals surface area contributed by atoms with Crippen LogP contribution in [0.1, 0.15) is 39.9 Å². The summed E-state index contributed by atoms with van der Waals surface area (Å²) < 4.78 is 0. The quantitative estimate of drug-likeness (QED) is 0.422. The number of nitrogens with one attached hydrogen (secondary N) is 1. The smallest absolute Gasteiger partial charge is 0.269 e. The van der Waals surface area contributed by atoms with Crippen LogP contribution in [0, 0.1) is 16.0 Å². The molecule has 0 bridgehead atoms. The fourth-order valence-corrected chi connectivity index (χ4v) is 5.41. The van der Waals surface area contributed by atoms with Gasteiger partial charge >= 0.3 is 0 Å². The summed E-state index contributed by atoms with van der Waals surface area (Å²) in [5, 5.41) is 15.5. The van der Waals surface area contributed by atoms with Crippen molar-refractivity contribution in [2.45, 2.75) is 18.4 Å². The van der Waals surface area contributed by atoms with Crippen molar-refractivity contribution in [3.05, 3.63) is 80.4 Å². The molecule has 1 saturated heterocycles. The number of nitro groups is 1. The van der Waals surface area contributed by atoms with Crippen molar-refractivity contribution >= 4 is 28.9 Å². The van der Waals surface area contributed by atoms with Gasteiger partial charge in [0.1, 0.15) is 0 Å². The molecule has 2 heterocycles. The summed E-state index contributed by atoms with van der Waals surface area (Å²) in [5.41, 5.74) is 3.28. The number of nitrogens with zero attached hydrogens (tertiary/aromatic N) is 3. The highest BCUT2D eigenvalue weighted by Crippen LogP contribution is 2.52. The Kier molecular flexibility index (Phi) is 5.39. The molecular formula is C24H25ClN4O3. The molecule has 7 nitrogen and oxygen atoms in total. The van der Waals surface area contributed by atoms with E-state index in [4.69, 9.17) is 11.6 Å². The largest absolute Gasteiger partial charge is 0.377 e. The minimum Gasteiger partial charge on any atom is -0.377 e. The van der Waals surface area contributed by atoms with Crippen LogP contribution in [0.4, 0.5) is 11.4 Å². The summed E-state index contributed by atoms with van der Waals surface area (Å²) in [4.78, 5) is 28.6. The fourth-order valence-electron chi connectivity index (χ4n) is 5.17. The molecule has 0 spiro atoms. The minimum absolute atomic E-state index is 0.0151. The number of benzene rings is 2. The Hall–Kier alpha value is -2.90. The SMILES string of the molecule is CN1CCN(C(=O)c2cccc3c2NC(c2cc([N+](=O)[O-])ccc2Cl)C2CC=CC32)CC1. The maximum absolute atomic E-state index is 13.5. The van der Waals surface area contributed by atoms with Crippen molar-refractivity contribution in [1.82, 2.24) is 9.80 Å². The van der Waals surface area contributed by atoms with Crippen LogP contribution in [0.5, 0.6) is 0 Å². The summed E-state index contributed by atoms with van der Waals surface area (Å²) in [6.07, 6.45) is 5.18. The van der Waals surface area contributed by atoms with Gasteiger partial charge in [-0.1, -0.05) is 35.9 Å². The number of carbonyl (C=O) groups is 1. The van der Waals surface area contributed by atoms with Gasteiger partial charge in [-0.15, -0.1) is 0 Å². The average Bonchev–Trinajstić information content (AvgIpc) is 3.29. The van der Waals surface area contributed by atoms with E-state index in [0.717, 1.165) is 30.8 Å². The van der Waals surface area contributed by atoms with E-state index in [2.05, 4.69) is 35.5 Å². The molecule has 0 saturated carbocycles. The first-order valence-corrected chi connectivity index (χ1v) is 11.3. The minimum atomic E-state index is -0.399. The van der Waals surface area contributed by atoms with E-state index in [9.17, 15) is 14.9 Å². The first-order chi connectivity index (χ1) is 15.4. The lowest BCUT2D eigenvalue weighted by atomic mass is 9.76. The fraction of sp³-hybridized carbons (Fsp3) is 0.375. The normalized spacial score (nSPS) is 24.6. The highest BCUT2D eigenvalue weighted by atomic mass is 35.5. The van der Waals surface area contributed by atoms with Crippen LogP contribution in [0.25, 0.3) is 0 Å². The predicted molar refractivity (Wildman–Crippen MR) is 124 cm³/mol. The molecule has 2 aromatic carbocycles. The lowest BCUT2D eigenvalue weighted by Crippen LogP contribution is -2.47. The van der Waals surface area contributed by atoms with Gasteiger partial charge in [0.2, 0.25) is 0 Å². The van der Waals surface area contributed by atoms with E-state index >= 15 is 0 Å². The van der Waals surface area contributed by atoms with Gasteiger partial charge < -0.3 is 15.1 Å². The number of hydrogen-bond acceptors (Lipinski definition) is 5. The Labute approximate surface area is 191 Å². The zero-order chi connectivity index (χ0) is 22.4. The highest BCUT2D eigenvalue weighted by Gasteiger charge is 2.40. The first-order valence-electron chi connectivity index (χ1n) is 10.9. The maximum Gasteiger partial charge on any atom is 0.269 e. The van der Waals surface area contributed by atoms with Crippen molar-refractivity contribution in [2.24, 2.45) is 5.92 Å². The Morgan fingerprint density at radius 3 is 2.69 bits per heavy atom. The number of nitro benzene ring substituents is 1. The lowest BCUT2D eigenvalue weighted by molar-refractivity contribution is -0.384. The summed E-state index contributed by atoms with van der Waals surface area (Å²) in [6, 6.07) is 10.2. The Morgan fingerprint density at radius 2 is 1.94 bits per heavy atom. The van der Waals surface area contributed by atoms with Gasteiger partial charge in [-0.05, 0) is 37.1 Å². The second kappa shape index (κ2) is 8.22. The van der Waals surface area contributed by atoms with Crippen molar-refractivity contribution in [1.29, 1.82) is 0 Å². The Balaban J connectivity index is 1.55. The van der Waals surface area contributed by atoms with Crippen LogP contribution in [0.15, 0.2) is 48.6 Å². The molecule has 3 unspecified atom stereocenters. The number of halogens is 1. The van der Waals surface area contributed by atoms with Crippen LogP contribution in [-0.4, -0.2) is 53.9 Å². The summed E-state index contributed by atoms with van der Waals surface area (Å²) in [5.74, 6) is 0.328. The molecule has 3 aliphatic rings. The van der Waals surface area contributed by atoms with Crippen LogP contribution in [0.2, 0.25) is 5.02 Å². The van der Waals surface area contributed by atoms with Gasteiger partial charge in [-0.25, -0.2) is 0 Å². The van der Waals surface area contributed by atoms with Crippen molar-refractivity contribution in [2.75, 3.05) is 38.5 Å². The van der Waals surface area contributed by atoms with E-state index in [1.165, 1.54) is 6.07 Å². The third-order valence-electron chi connectivity index (χ3n) is 6.94. The number of hydrogen-bond donors (Lipinski definition) is 1. The standard InChI is InChI=1S/C24H25ClN4O3/c1-27-10-12-28(13-11-27)24(30)19-7-3-6-17-16-4-2-5-18(16)23(26-22(17)19)20-14-15(29(31)32)8-9-21(20)25/h2-4,6-9,14,16,18,23,26H,5,10-13H2,1H3. The number of non-ortho nitro benzene ring substituents is 1. The van der Waals surface area contributed by atoms with Gasteiger partial charge in [-0.3, -0.25) is 14.9 Å². The molecule has 1 N–H and O–H groups in total. The third kappa shape index (κ3) is 3.55. The third-order valence-corrected chi connectivity index (χ3v) is 7.29. The molecule has 2 aliphatic heterocycles. The number of anilines is 1. The molecule has 1 amide bonds. The summed E-state index contributed by atoms with van der Waals surface area (Å²) in [7, 11) is 2.06. The van der Waals surface area contributed by atoms with Crippen LogP contribution >= 0.6 is 11.6 Å². The predicted octanol–water partition coefficient (Wildman–Crippen LogP) is 4.46. The van der Waals surface area contributed by atoms with E-state index in [1.807, 2.05) is 17.0 Å². The number of fused-ring (bicyclic) bond motifs is 3. The number of piperazine rings is 1. The lowest BCUT2D eigenvalue weighted by Gasteiger charge is -2.39. The molecule has 1 aliphatic carbocycles. The Morgan fingerprint density at radius 1 is 1.16 bits per heavy atom. The van der Waals surface area contributed by atoms with Crippen LogP contribution in [0.3, 0.4) is 0 Å². The van der Waals surface area contributed by atoms with E-state index in [-0.39, 0.29) is 29.5 Å². The van der Waals surface area contributed by atoms with Gasteiger partial charge in [0, 0.05) is 54.8 Å². The number of likely N-dealkylation sites (N-methyl/N-ethyl adjacent to an activating group) is 1. The second-order valence-corrected chi connectivity index (χ2v) is 9.21. The molecule has 0 radical (unpaired) electrons. The molecule has 5 rings (SSSR count). The molecule has 3 atom stereocenters. The second-order valence-electron chi connectivity index (χ2n) is 8.80. The number of rotatable bonds is 3. The van der Waals surface area contributed by atoms with Crippen molar-refractivity contribution in [3.8, 4) is 0 Å². The molecule has 8 heteroatoms. The number of para-hydroxylation sites is 1. The molecular weight excluding hydrogens is 428 g/mol. The number of amides is 1.